The monoisotopic (exact) mass is 363 g/mol. The standard InChI is InChI=1S/C19H29N3O4/c1-25-14-12-22(13-15-26-2)19(24)18(23)21-10-8-20(9-11-21)16-17-6-4-3-5-7-17/h3-7H,8-16H2,1-2H3. The van der Waals surface area contributed by atoms with Crippen LogP contribution in [0.4, 0.5) is 0 Å². The van der Waals surface area contributed by atoms with Gasteiger partial charge in [-0.15, -0.1) is 0 Å². The van der Waals surface area contributed by atoms with Crippen LogP contribution in [-0.4, -0.2) is 93.2 Å². The quantitative estimate of drug-likeness (QED) is 0.628. The third-order valence-electron chi connectivity index (χ3n) is 4.51. The number of rotatable bonds is 8. The highest BCUT2D eigenvalue weighted by atomic mass is 16.5. The van der Waals surface area contributed by atoms with E-state index in [1.54, 1.807) is 19.1 Å². The van der Waals surface area contributed by atoms with Crippen LogP contribution in [0.25, 0.3) is 0 Å². The van der Waals surface area contributed by atoms with Crippen molar-refractivity contribution in [1.29, 1.82) is 0 Å². The highest BCUT2D eigenvalue weighted by Gasteiger charge is 2.29. The van der Waals surface area contributed by atoms with Crippen LogP contribution in [0.15, 0.2) is 30.3 Å². The minimum Gasteiger partial charge on any atom is -0.383 e. The maximum Gasteiger partial charge on any atom is 0.312 e. The Kier molecular flexibility index (Phi) is 8.53. The second kappa shape index (κ2) is 10.9. The molecule has 1 aliphatic heterocycles. The second-order valence-corrected chi connectivity index (χ2v) is 6.33. The smallest absolute Gasteiger partial charge is 0.312 e. The van der Waals surface area contributed by atoms with Crippen molar-refractivity contribution >= 4 is 11.8 Å². The maximum absolute atomic E-state index is 12.6. The number of methoxy groups -OCH3 is 2. The lowest BCUT2D eigenvalue weighted by Gasteiger charge is -2.35. The van der Waals surface area contributed by atoms with Crippen LogP contribution in [0.1, 0.15) is 5.56 Å². The number of piperazine rings is 1. The molecule has 0 atom stereocenters. The van der Waals surface area contributed by atoms with Gasteiger partial charge in [0.15, 0.2) is 0 Å². The number of carbonyl (C=O) groups is 2. The molecule has 144 valence electrons. The molecule has 0 spiro atoms. The van der Waals surface area contributed by atoms with E-state index < -0.39 is 11.8 Å². The van der Waals surface area contributed by atoms with Gasteiger partial charge in [-0.25, -0.2) is 0 Å². The lowest BCUT2D eigenvalue weighted by Crippen LogP contribution is -2.53. The highest BCUT2D eigenvalue weighted by molar-refractivity contribution is 6.34. The van der Waals surface area contributed by atoms with Gasteiger partial charge in [-0.1, -0.05) is 30.3 Å². The molecule has 2 amide bonds. The molecule has 0 N–H and O–H groups in total. The summed E-state index contributed by atoms with van der Waals surface area (Å²) in [5.74, 6) is -0.910. The topological polar surface area (TPSA) is 62.3 Å². The van der Waals surface area contributed by atoms with Crippen molar-refractivity contribution in [3.05, 3.63) is 35.9 Å². The zero-order chi connectivity index (χ0) is 18.8. The molecule has 7 heteroatoms. The van der Waals surface area contributed by atoms with Crippen molar-refractivity contribution in [3.8, 4) is 0 Å². The molecular formula is C19H29N3O4. The fourth-order valence-corrected chi connectivity index (χ4v) is 2.94. The first-order chi connectivity index (χ1) is 12.7. The largest absolute Gasteiger partial charge is 0.383 e. The van der Waals surface area contributed by atoms with Crippen molar-refractivity contribution in [3.63, 3.8) is 0 Å². The van der Waals surface area contributed by atoms with Crippen LogP contribution in [0.3, 0.4) is 0 Å². The predicted octanol–water partition coefficient (Wildman–Crippen LogP) is 0.452. The average molecular weight is 363 g/mol. The third-order valence-corrected chi connectivity index (χ3v) is 4.51. The van der Waals surface area contributed by atoms with Gasteiger partial charge in [-0.05, 0) is 5.56 Å². The van der Waals surface area contributed by atoms with Gasteiger partial charge >= 0.3 is 11.8 Å². The van der Waals surface area contributed by atoms with Crippen LogP contribution >= 0.6 is 0 Å². The zero-order valence-corrected chi connectivity index (χ0v) is 15.7. The first-order valence-electron chi connectivity index (χ1n) is 8.98. The Labute approximate surface area is 155 Å². The van der Waals surface area contributed by atoms with Gasteiger partial charge < -0.3 is 19.3 Å². The Morgan fingerprint density at radius 1 is 0.962 bits per heavy atom. The summed E-state index contributed by atoms with van der Waals surface area (Å²) in [7, 11) is 3.15. The van der Waals surface area contributed by atoms with Gasteiger partial charge in [0.25, 0.3) is 0 Å². The lowest BCUT2D eigenvalue weighted by atomic mass is 10.2. The Hall–Kier alpha value is -1.96. The molecular weight excluding hydrogens is 334 g/mol. The molecule has 1 aromatic rings. The number of benzene rings is 1. The normalized spacial score (nSPS) is 15.1. The van der Waals surface area contributed by atoms with Crippen LogP contribution in [-0.2, 0) is 25.6 Å². The summed E-state index contributed by atoms with van der Waals surface area (Å²) in [6.07, 6.45) is 0. The van der Waals surface area contributed by atoms with E-state index in [0.717, 1.165) is 19.6 Å². The molecule has 0 bridgehead atoms. The number of hydrogen-bond donors (Lipinski definition) is 0. The summed E-state index contributed by atoms with van der Waals surface area (Å²) in [5, 5.41) is 0. The summed E-state index contributed by atoms with van der Waals surface area (Å²) < 4.78 is 10.1. The predicted molar refractivity (Wildman–Crippen MR) is 98.6 cm³/mol. The second-order valence-electron chi connectivity index (χ2n) is 6.33. The van der Waals surface area contributed by atoms with Crippen LogP contribution < -0.4 is 0 Å². The zero-order valence-electron chi connectivity index (χ0n) is 15.7. The van der Waals surface area contributed by atoms with E-state index >= 15 is 0 Å². The Morgan fingerprint density at radius 2 is 1.54 bits per heavy atom. The lowest BCUT2D eigenvalue weighted by molar-refractivity contribution is -0.153. The van der Waals surface area contributed by atoms with Crippen molar-refractivity contribution in [2.45, 2.75) is 6.54 Å². The molecule has 0 aromatic heterocycles. The number of nitrogens with zero attached hydrogens (tertiary/aromatic N) is 3. The van der Waals surface area contributed by atoms with Gasteiger partial charge in [-0.3, -0.25) is 14.5 Å². The van der Waals surface area contributed by atoms with Crippen LogP contribution in [0.5, 0.6) is 0 Å². The van der Waals surface area contributed by atoms with Gasteiger partial charge in [0.1, 0.15) is 0 Å². The van der Waals surface area contributed by atoms with Crippen molar-refractivity contribution in [2.75, 3.05) is 66.7 Å². The molecule has 0 unspecified atom stereocenters. The number of amides is 2. The van der Waals surface area contributed by atoms with E-state index in [1.165, 1.54) is 10.5 Å². The summed E-state index contributed by atoms with van der Waals surface area (Å²) in [6, 6.07) is 10.3. The van der Waals surface area contributed by atoms with E-state index in [-0.39, 0.29) is 0 Å². The van der Waals surface area contributed by atoms with Crippen molar-refractivity contribution in [1.82, 2.24) is 14.7 Å². The number of hydrogen-bond acceptors (Lipinski definition) is 5. The molecule has 1 saturated heterocycles. The molecule has 0 aliphatic carbocycles. The Bertz CT molecular complexity index is 551. The SMILES string of the molecule is COCCN(CCOC)C(=O)C(=O)N1CCN(Cc2ccccc2)CC1. The minimum atomic E-state index is -0.476. The van der Waals surface area contributed by atoms with Gasteiger partial charge in [0.2, 0.25) is 0 Å². The number of carbonyl (C=O) groups excluding carboxylic acids is 2. The molecule has 1 heterocycles. The minimum absolute atomic E-state index is 0.387. The summed E-state index contributed by atoms with van der Waals surface area (Å²) in [6.45, 7) is 5.11. The summed E-state index contributed by atoms with van der Waals surface area (Å²) in [5.41, 5.74) is 1.26. The maximum atomic E-state index is 12.6. The Morgan fingerprint density at radius 3 is 2.08 bits per heavy atom. The highest BCUT2D eigenvalue weighted by Crippen LogP contribution is 2.09. The molecule has 0 radical (unpaired) electrons. The molecule has 2 rings (SSSR count). The molecule has 1 aromatic carbocycles. The molecule has 1 fully saturated rings. The fourth-order valence-electron chi connectivity index (χ4n) is 2.94. The molecule has 1 aliphatic rings. The van der Waals surface area contributed by atoms with Gasteiger partial charge in [-0.2, -0.15) is 0 Å². The molecule has 26 heavy (non-hydrogen) atoms. The van der Waals surface area contributed by atoms with E-state index in [0.29, 0.717) is 39.4 Å². The van der Waals surface area contributed by atoms with E-state index in [9.17, 15) is 9.59 Å². The van der Waals surface area contributed by atoms with Crippen LogP contribution in [0, 0.1) is 0 Å². The van der Waals surface area contributed by atoms with Crippen molar-refractivity contribution < 1.29 is 19.1 Å². The summed E-state index contributed by atoms with van der Waals surface area (Å²) >= 11 is 0. The first-order valence-corrected chi connectivity index (χ1v) is 8.98. The fraction of sp³-hybridized carbons (Fsp3) is 0.579. The molecule has 7 nitrogen and oxygen atoms in total. The van der Waals surface area contributed by atoms with E-state index in [1.807, 2.05) is 18.2 Å². The van der Waals surface area contributed by atoms with E-state index in [4.69, 9.17) is 9.47 Å². The number of ether oxygens (including phenoxy) is 2. The molecule has 0 saturated carbocycles. The summed E-state index contributed by atoms with van der Waals surface area (Å²) in [4.78, 5) is 30.6. The van der Waals surface area contributed by atoms with E-state index in [2.05, 4.69) is 17.0 Å². The van der Waals surface area contributed by atoms with Crippen LogP contribution in [0.2, 0.25) is 0 Å². The van der Waals surface area contributed by atoms with Gasteiger partial charge in [0.05, 0.1) is 13.2 Å². The average Bonchev–Trinajstić information content (AvgIpc) is 2.68. The third kappa shape index (κ3) is 6.09. The Balaban J connectivity index is 1.84. The first kappa shape index (κ1) is 20.4. The van der Waals surface area contributed by atoms with Crippen molar-refractivity contribution in [2.24, 2.45) is 0 Å². The van der Waals surface area contributed by atoms with Gasteiger partial charge in [0, 0.05) is 60.0 Å².